The van der Waals surface area contributed by atoms with Crippen LogP contribution in [0.25, 0.3) is 0 Å². The van der Waals surface area contributed by atoms with E-state index in [1.54, 1.807) is 0 Å². The Labute approximate surface area is 177 Å². The van der Waals surface area contributed by atoms with Gasteiger partial charge in [-0.05, 0) is 62.3 Å². The molecule has 1 spiro atoms. The van der Waals surface area contributed by atoms with Crippen LogP contribution in [0.4, 0.5) is 0 Å². The van der Waals surface area contributed by atoms with Crippen molar-refractivity contribution in [2.24, 2.45) is 11.3 Å². The first-order valence-corrected chi connectivity index (χ1v) is 11.6. The minimum Gasteiger partial charge on any atom is -0.390 e. The van der Waals surface area contributed by atoms with Gasteiger partial charge in [-0.2, -0.15) is 0 Å². The number of rotatable bonds is 6. The van der Waals surface area contributed by atoms with E-state index in [0.717, 1.165) is 62.3 Å². The minimum atomic E-state index is -0.605. The highest BCUT2D eigenvalue weighted by Gasteiger charge is 2.47. The molecule has 0 unspecified atom stereocenters. The van der Waals surface area contributed by atoms with Gasteiger partial charge in [-0.25, -0.2) is 0 Å². The third-order valence-corrected chi connectivity index (χ3v) is 7.20. The molecule has 3 aliphatic rings. The number of nitrogens with one attached hydrogen (secondary N) is 1. The number of ether oxygens (including phenoxy) is 2. The summed E-state index contributed by atoms with van der Waals surface area (Å²) in [4.78, 5) is 0. The summed E-state index contributed by atoms with van der Waals surface area (Å²) in [6.07, 6.45) is 6.46. The van der Waals surface area contributed by atoms with Gasteiger partial charge in [0.05, 0.1) is 18.8 Å². The van der Waals surface area contributed by atoms with Crippen LogP contribution in [0.5, 0.6) is 0 Å². The molecule has 2 aliphatic carbocycles. The predicted octanol–water partition coefficient (Wildman–Crippen LogP) is 4.95. The second kappa shape index (κ2) is 7.99. The highest BCUT2D eigenvalue weighted by Crippen LogP contribution is 2.44. The van der Waals surface area contributed by atoms with Gasteiger partial charge in [-0.1, -0.05) is 41.9 Å². The molecule has 1 saturated heterocycles. The van der Waals surface area contributed by atoms with Crippen molar-refractivity contribution < 1.29 is 14.6 Å². The zero-order chi connectivity index (χ0) is 19.8. The largest absolute Gasteiger partial charge is 0.390 e. The summed E-state index contributed by atoms with van der Waals surface area (Å²) in [5.74, 6) is 0.279. The van der Waals surface area contributed by atoms with Crippen molar-refractivity contribution in [3.05, 3.63) is 34.3 Å². The van der Waals surface area contributed by atoms with Crippen LogP contribution in [-0.2, 0) is 9.47 Å². The van der Waals surface area contributed by atoms with Crippen LogP contribution >= 0.6 is 15.9 Å². The second-order valence-electron chi connectivity index (χ2n) is 9.95. The summed E-state index contributed by atoms with van der Waals surface area (Å²) in [5, 5.41) is 14.8. The maximum absolute atomic E-state index is 11.1. The summed E-state index contributed by atoms with van der Waals surface area (Å²) >= 11 is 3.52. The minimum absolute atomic E-state index is 0.0910. The number of aliphatic hydroxyl groups is 1. The summed E-state index contributed by atoms with van der Waals surface area (Å²) in [6, 6.07) is 9.05. The standard InChI is InChI=1S/C23H34BrNO3/c1-21(2)15-27-23(28-16-21)11-9-22(26,10-12-23)13-14-25-20(17-3-4-17)18-5-7-19(24)8-6-18/h5-8,17,20,25-26H,3-4,9-16H2,1-2H3/t20-/m0/s1. The van der Waals surface area contributed by atoms with Crippen LogP contribution < -0.4 is 5.32 Å². The lowest BCUT2D eigenvalue weighted by atomic mass is 9.78. The van der Waals surface area contributed by atoms with Gasteiger partial charge in [0, 0.05) is 28.8 Å². The lowest BCUT2D eigenvalue weighted by Gasteiger charge is -2.48. The molecule has 4 nitrogen and oxygen atoms in total. The van der Waals surface area contributed by atoms with E-state index in [0.29, 0.717) is 6.04 Å². The zero-order valence-corrected chi connectivity index (χ0v) is 18.8. The van der Waals surface area contributed by atoms with Crippen LogP contribution in [0, 0.1) is 11.3 Å². The summed E-state index contributed by atoms with van der Waals surface area (Å²) in [6.45, 7) is 6.67. The van der Waals surface area contributed by atoms with Crippen molar-refractivity contribution in [1.82, 2.24) is 5.32 Å². The SMILES string of the molecule is CC1(C)COC2(CCC(O)(CCN[C@H](c3ccc(Br)cc3)C3CC3)CC2)OC1. The average molecular weight is 452 g/mol. The Hall–Kier alpha value is -0.460. The van der Waals surface area contributed by atoms with Gasteiger partial charge in [-0.3, -0.25) is 0 Å². The van der Waals surface area contributed by atoms with Crippen molar-refractivity contribution in [1.29, 1.82) is 0 Å². The Balaban J connectivity index is 1.27. The Morgan fingerprint density at radius 3 is 2.25 bits per heavy atom. The number of hydrogen-bond donors (Lipinski definition) is 2. The van der Waals surface area contributed by atoms with E-state index in [9.17, 15) is 5.11 Å². The molecule has 0 amide bonds. The molecule has 0 aromatic heterocycles. The molecule has 4 rings (SSSR count). The summed E-state index contributed by atoms with van der Waals surface area (Å²) in [7, 11) is 0. The van der Waals surface area contributed by atoms with Gasteiger partial charge in [0.15, 0.2) is 5.79 Å². The Morgan fingerprint density at radius 2 is 1.68 bits per heavy atom. The monoisotopic (exact) mass is 451 g/mol. The lowest BCUT2D eigenvalue weighted by Crippen LogP contribution is -2.52. The van der Waals surface area contributed by atoms with Gasteiger partial charge in [0.2, 0.25) is 0 Å². The maximum atomic E-state index is 11.1. The van der Waals surface area contributed by atoms with Crippen molar-refractivity contribution in [3.63, 3.8) is 0 Å². The van der Waals surface area contributed by atoms with Crippen molar-refractivity contribution in [3.8, 4) is 0 Å². The maximum Gasteiger partial charge on any atom is 0.168 e. The van der Waals surface area contributed by atoms with Crippen molar-refractivity contribution in [2.75, 3.05) is 19.8 Å². The number of benzene rings is 1. The zero-order valence-electron chi connectivity index (χ0n) is 17.2. The molecule has 1 atom stereocenters. The average Bonchev–Trinajstić information content (AvgIpc) is 3.50. The quantitative estimate of drug-likeness (QED) is 0.641. The highest BCUT2D eigenvalue weighted by molar-refractivity contribution is 9.10. The molecule has 2 N–H and O–H groups in total. The molecule has 0 bridgehead atoms. The molecular formula is C23H34BrNO3. The summed E-state index contributed by atoms with van der Waals surface area (Å²) < 4.78 is 13.3. The molecule has 156 valence electrons. The topological polar surface area (TPSA) is 50.7 Å². The summed E-state index contributed by atoms with van der Waals surface area (Å²) in [5.41, 5.74) is 0.839. The third kappa shape index (κ3) is 4.99. The predicted molar refractivity (Wildman–Crippen MR) is 114 cm³/mol. The second-order valence-corrected chi connectivity index (χ2v) is 10.9. The fourth-order valence-electron chi connectivity index (χ4n) is 4.49. The van der Waals surface area contributed by atoms with Gasteiger partial charge >= 0.3 is 0 Å². The van der Waals surface area contributed by atoms with Crippen LogP contribution in [-0.4, -0.2) is 36.3 Å². The molecule has 2 saturated carbocycles. The molecule has 28 heavy (non-hydrogen) atoms. The Morgan fingerprint density at radius 1 is 1.07 bits per heavy atom. The van der Waals surface area contributed by atoms with Gasteiger partial charge < -0.3 is 19.9 Å². The Kier molecular flexibility index (Phi) is 5.94. The normalized spacial score (nSPS) is 26.9. The first-order valence-electron chi connectivity index (χ1n) is 10.8. The van der Waals surface area contributed by atoms with Crippen LogP contribution in [0.3, 0.4) is 0 Å². The van der Waals surface area contributed by atoms with E-state index < -0.39 is 11.4 Å². The van der Waals surface area contributed by atoms with Crippen molar-refractivity contribution in [2.45, 2.75) is 76.2 Å². The van der Waals surface area contributed by atoms with E-state index in [2.05, 4.69) is 59.4 Å². The Bertz CT molecular complexity index is 651. The van der Waals surface area contributed by atoms with Gasteiger partial charge in [0.1, 0.15) is 0 Å². The smallest absolute Gasteiger partial charge is 0.168 e. The van der Waals surface area contributed by atoms with Gasteiger partial charge in [-0.15, -0.1) is 0 Å². The van der Waals surface area contributed by atoms with Gasteiger partial charge in [0.25, 0.3) is 0 Å². The van der Waals surface area contributed by atoms with Crippen LogP contribution in [0.15, 0.2) is 28.7 Å². The van der Waals surface area contributed by atoms with E-state index in [4.69, 9.17) is 9.47 Å². The highest BCUT2D eigenvalue weighted by atomic mass is 79.9. The van der Waals surface area contributed by atoms with E-state index in [1.807, 2.05) is 0 Å². The first-order chi connectivity index (χ1) is 13.3. The van der Waals surface area contributed by atoms with E-state index in [1.165, 1.54) is 18.4 Å². The molecule has 0 radical (unpaired) electrons. The molecule has 1 aromatic rings. The molecule has 1 heterocycles. The third-order valence-electron chi connectivity index (χ3n) is 6.67. The first kappa shape index (κ1) is 20.8. The molecule has 5 heteroatoms. The number of hydrogen-bond acceptors (Lipinski definition) is 4. The van der Waals surface area contributed by atoms with E-state index in [-0.39, 0.29) is 5.41 Å². The fourth-order valence-corrected chi connectivity index (χ4v) is 4.75. The van der Waals surface area contributed by atoms with Crippen molar-refractivity contribution >= 4 is 15.9 Å². The molecule has 1 aliphatic heterocycles. The number of halogens is 1. The van der Waals surface area contributed by atoms with Crippen LogP contribution in [0.2, 0.25) is 0 Å². The molecule has 1 aromatic carbocycles. The fraction of sp³-hybridized carbons (Fsp3) is 0.739. The molecule has 3 fully saturated rings. The molecular weight excluding hydrogens is 418 g/mol. The van der Waals surface area contributed by atoms with Crippen LogP contribution in [0.1, 0.15) is 70.4 Å². The lowest BCUT2D eigenvalue weighted by molar-refractivity contribution is -0.319. The van der Waals surface area contributed by atoms with E-state index >= 15 is 0 Å².